The van der Waals surface area contributed by atoms with Crippen LogP contribution in [-0.4, -0.2) is 90.9 Å². The van der Waals surface area contributed by atoms with E-state index in [1.54, 1.807) is 13.8 Å². The molecule has 5 rings (SSSR count). The van der Waals surface area contributed by atoms with Crippen LogP contribution in [0.1, 0.15) is 25.3 Å². The number of hydrogen-bond acceptors (Lipinski definition) is 11. The van der Waals surface area contributed by atoms with Gasteiger partial charge in [0.25, 0.3) is 6.43 Å². The van der Waals surface area contributed by atoms with E-state index in [9.17, 15) is 30.9 Å². The van der Waals surface area contributed by atoms with Crippen LogP contribution in [0, 0.1) is 11.3 Å². The summed E-state index contributed by atoms with van der Waals surface area (Å²) in [6.07, 6.45) is -0.0913. The van der Waals surface area contributed by atoms with Crippen molar-refractivity contribution in [1.82, 2.24) is 28.6 Å². The van der Waals surface area contributed by atoms with E-state index in [0.717, 1.165) is 0 Å². The predicted molar refractivity (Wildman–Crippen MR) is 136 cm³/mol. The Morgan fingerprint density at radius 2 is 1.85 bits per heavy atom. The summed E-state index contributed by atoms with van der Waals surface area (Å²) in [6.45, 7) is 3.90. The highest BCUT2D eigenvalue weighted by Crippen LogP contribution is 2.34. The van der Waals surface area contributed by atoms with Gasteiger partial charge in [-0.3, -0.25) is 4.40 Å². The highest BCUT2D eigenvalue weighted by Gasteiger charge is 2.43. The Morgan fingerprint density at radius 1 is 1.15 bits per heavy atom. The SMILES string of the molecule is CC(C)S(=O)(=O)N1CCN(c2cc(S(=O)(=O)NC3(C#N)COC3)cn3c(-c4nnc(C(F)F)s4)ncc23)CC1. The van der Waals surface area contributed by atoms with E-state index in [1.165, 1.54) is 27.2 Å². The molecule has 0 amide bonds. The molecule has 0 atom stereocenters. The van der Waals surface area contributed by atoms with Crippen LogP contribution in [0.2, 0.25) is 0 Å². The average molecular weight is 603 g/mol. The highest BCUT2D eigenvalue weighted by atomic mass is 32.2. The van der Waals surface area contributed by atoms with E-state index < -0.39 is 42.3 Å². The lowest BCUT2D eigenvalue weighted by atomic mass is 10.0. The quantitative estimate of drug-likeness (QED) is 0.397. The Hall–Kier alpha value is -2.82. The fraction of sp³-hybridized carbons (Fsp3) is 0.524. The van der Waals surface area contributed by atoms with Crippen molar-refractivity contribution in [3.63, 3.8) is 0 Å². The molecule has 3 aromatic rings. The minimum atomic E-state index is -4.26. The molecule has 2 saturated heterocycles. The van der Waals surface area contributed by atoms with Gasteiger partial charge in [0.15, 0.2) is 21.4 Å². The number of pyridine rings is 1. The van der Waals surface area contributed by atoms with E-state index in [0.29, 0.717) is 22.5 Å². The predicted octanol–water partition coefficient (Wildman–Crippen LogP) is 1.22. The molecule has 13 nitrogen and oxygen atoms in total. The van der Waals surface area contributed by atoms with Gasteiger partial charge in [0.05, 0.1) is 41.9 Å². The van der Waals surface area contributed by atoms with Gasteiger partial charge in [0, 0.05) is 32.4 Å². The Kier molecular flexibility index (Phi) is 7.10. The van der Waals surface area contributed by atoms with Crippen LogP contribution in [0.15, 0.2) is 23.4 Å². The summed E-state index contributed by atoms with van der Waals surface area (Å²) in [7, 11) is -7.73. The van der Waals surface area contributed by atoms with Crippen molar-refractivity contribution >= 4 is 42.6 Å². The monoisotopic (exact) mass is 602 g/mol. The molecule has 0 aliphatic carbocycles. The first kappa shape index (κ1) is 27.7. The number of nitrogens with one attached hydrogen (secondary N) is 1. The third kappa shape index (κ3) is 4.98. The number of alkyl halides is 2. The zero-order chi connectivity index (χ0) is 28.2. The minimum Gasteiger partial charge on any atom is -0.375 e. The van der Waals surface area contributed by atoms with Gasteiger partial charge in [-0.05, 0) is 19.9 Å². The fourth-order valence-electron chi connectivity index (χ4n) is 4.28. The molecule has 2 aliphatic heterocycles. The number of nitriles is 1. The maximum Gasteiger partial charge on any atom is 0.291 e. The normalized spacial score (nSPS) is 18.5. The van der Waals surface area contributed by atoms with Gasteiger partial charge in [-0.2, -0.15) is 14.3 Å². The first-order valence-corrected chi connectivity index (χ1v) is 15.6. The lowest BCUT2D eigenvalue weighted by Crippen LogP contribution is -2.61. The molecule has 2 aliphatic rings. The Morgan fingerprint density at radius 3 is 2.38 bits per heavy atom. The van der Waals surface area contributed by atoms with Crippen molar-refractivity contribution < 1.29 is 30.4 Å². The number of hydrogen-bond donors (Lipinski definition) is 1. The van der Waals surface area contributed by atoms with Crippen LogP contribution in [0.3, 0.4) is 0 Å². The number of aromatic nitrogens is 4. The highest BCUT2D eigenvalue weighted by molar-refractivity contribution is 7.89. The van der Waals surface area contributed by atoms with Gasteiger partial charge in [-0.25, -0.2) is 30.6 Å². The third-order valence-electron chi connectivity index (χ3n) is 6.50. The summed E-state index contributed by atoms with van der Waals surface area (Å²) in [6, 6.07) is 3.36. The molecule has 1 N–H and O–H groups in total. The Balaban J connectivity index is 1.58. The lowest BCUT2D eigenvalue weighted by Gasteiger charge is -2.37. The largest absolute Gasteiger partial charge is 0.375 e. The molecule has 5 heterocycles. The van der Waals surface area contributed by atoms with Gasteiger partial charge >= 0.3 is 0 Å². The molecule has 39 heavy (non-hydrogen) atoms. The van der Waals surface area contributed by atoms with Crippen LogP contribution in [-0.2, 0) is 24.8 Å². The average Bonchev–Trinajstić information content (AvgIpc) is 3.53. The van der Waals surface area contributed by atoms with Gasteiger partial charge in [0.2, 0.25) is 20.0 Å². The fourth-order valence-corrected chi connectivity index (χ4v) is 7.54. The number of halogens is 2. The molecule has 18 heteroatoms. The maximum atomic E-state index is 13.4. The smallest absolute Gasteiger partial charge is 0.291 e. The molecule has 0 aromatic carbocycles. The standard InChI is InChI=1S/C21H24F2N8O5S3/c1-13(2)39(34,35)30-5-3-29(4-6-30)15-7-14(38(32,33)28-21(10-24)11-36-12-21)9-31-16(15)8-25-18(31)20-27-26-19(37-20)17(22)23/h7-9,13,17,28H,3-6,11-12H2,1-2H3. The Labute approximate surface area is 227 Å². The van der Waals surface area contributed by atoms with Crippen molar-refractivity contribution in [2.45, 2.75) is 36.0 Å². The van der Waals surface area contributed by atoms with Crippen LogP contribution in [0.4, 0.5) is 14.5 Å². The first-order valence-electron chi connectivity index (χ1n) is 11.8. The summed E-state index contributed by atoms with van der Waals surface area (Å²) in [4.78, 5) is 5.95. The minimum absolute atomic E-state index is 0.0625. The number of ether oxygens (including phenoxy) is 1. The van der Waals surface area contributed by atoms with Gasteiger partial charge < -0.3 is 9.64 Å². The van der Waals surface area contributed by atoms with Gasteiger partial charge in [0.1, 0.15) is 4.90 Å². The number of sulfonamides is 2. The zero-order valence-corrected chi connectivity index (χ0v) is 23.2. The molecule has 0 bridgehead atoms. The van der Waals surface area contributed by atoms with Crippen LogP contribution in [0.5, 0.6) is 0 Å². The number of nitrogens with zero attached hydrogens (tertiary/aromatic N) is 7. The second-order valence-electron chi connectivity index (χ2n) is 9.42. The molecular formula is C21H24F2N8O5S3. The maximum absolute atomic E-state index is 13.4. The van der Waals surface area contributed by atoms with Crippen LogP contribution in [0.25, 0.3) is 16.3 Å². The first-order chi connectivity index (χ1) is 18.4. The van der Waals surface area contributed by atoms with E-state index in [1.807, 2.05) is 11.0 Å². The summed E-state index contributed by atoms with van der Waals surface area (Å²) in [5, 5.41) is 15.8. The number of piperazine rings is 1. The summed E-state index contributed by atoms with van der Waals surface area (Å²) in [5.41, 5.74) is -0.513. The second-order valence-corrected chi connectivity index (χ2v) is 14.6. The molecule has 0 unspecified atom stereocenters. The number of imidazole rings is 1. The van der Waals surface area contributed by atoms with Crippen molar-refractivity contribution in [2.24, 2.45) is 0 Å². The van der Waals surface area contributed by atoms with Crippen LogP contribution >= 0.6 is 11.3 Å². The zero-order valence-electron chi connectivity index (χ0n) is 20.8. The molecule has 3 aromatic heterocycles. The van der Waals surface area contributed by atoms with E-state index >= 15 is 0 Å². The molecule has 0 radical (unpaired) electrons. The molecule has 0 saturated carbocycles. The molecular weight excluding hydrogens is 578 g/mol. The third-order valence-corrected chi connectivity index (χ3v) is 11.2. The van der Waals surface area contributed by atoms with Gasteiger partial charge in [-0.1, -0.05) is 11.3 Å². The summed E-state index contributed by atoms with van der Waals surface area (Å²) < 4.78 is 88.7. The lowest BCUT2D eigenvalue weighted by molar-refractivity contribution is -0.0324. The van der Waals surface area contributed by atoms with Crippen molar-refractivity contribution in [2.75, 3.05) is 44.3 Å². The number of fused-ring (bicyclic) bond motifs is 1. The van der Waals surface area contributed by atoms with Gasteiger partial charge in [-0.15, -0.1) is 10.2 Å². The van der Waals surface area contributed by atoms with Crippen molar-refractivity contribution in [3.05, 3.63) is 23.5 Å². The second kappa shape index (κ2) is 9.98. The topological polar surface area (TPSA) is 163 Å². The van der Waals surface area contributed by atoms with Crippen molar-refractivity contribution in [3.8, 4) is 16.9 Å². The summed E-state index contributed by atoms with van der Waals surface area (Å²) >= 11 is 0.633. The summed E-state index contributed by atoms with van der Waals surface area (Å²) in [5.74, 6) is 0.107. The van der Waals surface area contributed by atoms with E-state index in [-0.39, 0.29) is 55.1 Å². The number of rotatable bonds is 8. The van der Waals surface area contributed by atoms with Crippen LogP contribution < -0.4 is 9.62 Å². The Bertz CT molecular complexity index is 1650. The van der Waals surface area contributed by atoms with E-state index in [4.69, 9.17) is 4.74 Å². The molecule has 0 spiro atoms. The number of anilines is 1. The van der Waals surface area contributed by atoms with E-state index in [2.05, 4.69) is 19.9 Å². The molecule has 2 fully saturated rings. The van der Waals surface area contributed by atoms with Crippen molar-refractivity contribution in [1.29, 1.82) is 5.26 Å². The molecule has 210 valence electrons.